The van der Waals surface area contributed by atoms with Crippen molar-refractivity contribution in [3.8, 4) is 0 Å². The third kappa shape index (κ3) is 3.90. The van der Waals surface area contributed by atoms with Crippen LogP contribution in [0.15, 0.2) is 6.07 Å². The van der Waals surface area contributed by atoms with Gasteiger partial charge < -0.3 is 4.90 Å². The average Bonchev–Trinajstić information content (AvgIpc) is 2.36. The summed E-state index contributed by atoms with van der Waals surface area (Å²) in [5.74, 6) is -1.55. The molecule has 1 aromatic heterocycles. The van der Waals surface area contributed by atoms with Gasteiger partial charge in [0.05, 0.1) is 5.92 Å². The van der Waals surface area contributed by atoms with E-state index in [4.69, 9.17) is 11.6 Å². The zero-order valence-electron chi connectivity index (χ0n) is 10.5. The maximum atomic E-state index is 12.6. The second-order valence-corrected chi connectivity index (χ2v) is 5.02. The molecule has 0 amide bonds. The Morgan fingerprint density at radius 3 is 2.10 bits per heavy atom. The summed E-state index contributed by atoms with van der Waals surface area (Å²) in [6.07, 6.45) is -9.35. The Labute approximate surface area is 120 Å². The number of rotatable bonds is 1. The van der Waals surface area contributed by atoms with Gasteiger partial charge in [0.15, 0.2) is 5.69 Å². The van der Waals surface area contributed by atoms with Crippen LogP contribution in [0.3, 0.4) is 0 Å². The van der Waals surface area contributed by atoms with Crippen molar-refractivity contribution in [2.75, 3.05) is 18.0 Å². The minimum atomic E-state index is -4.69. The topological polar surface area (TPSA) is 29.0 Å². The molecule has 0 radical (unpaired) electrons. The predicted molar refractivity (Wildman–Crippen MR) is 63.0 cm³/mol. The summed E-state index contributed by atoms with van der Waals surface area (Å²) in [6, 6.07) is 0.694. The molecule has 2 rings (SSSR count). The van der Waals surface area contributed by atoms with Gasteiger partial charge in [0.1, 0.15) is 5.82 Å². The molecule has 0 spiro atoms. The van der Waals surface area contributed by atoms with Gasteiger partial charge in [0, 0.05) is 19.2 Å². The largest absolute Gasteiger partial charge is 0.433 e. The molecule has 118 valence electrons. The third-order valence-corrected chi connectivity index (χ3v) is 3.43. The van der Waals surface area contributed by atoms with E-state index in [-0.39, 0.29) is 31.7 Å². The summed E-state index contributed by atoms with van der Waals surface area (Å²) in [5, 5.41) is -0.585. The Kier molecular flexibility index (Phi) is 4.23. The molecule has 0 N–H and O–H groups in total. The maximum Gasteiger partial charge on any atom is 0.433 e. The van der Waals surface area contributed by atoms with E-state index in [1.807, 2.05) is 0 Å². The van der Waals surface area contributed by atoms with Crippen LogP contribution in [0.1, 0.15) is 18.5 Å². The number of aromatic nitrogens is 2. The van der Waals surface area contributed by atoms with Crippen molar-refractivity contribution in [1.82, 2.24) is 9.97 Å². The Hall–Kier alpha value is -1.25. The van der Waals surface area contributed by atoms with Crippen LogP contribution in [-0.2, 0) is 6.18 Å². The smallest absolute Gasteiger partial charge is 0.356 e. The van der Waals surface area contributed by atoms with Gasteiger partial charge in [-0.25, -0.2) is 9.97 Å². The molecule has 1 fully saturated rings. The first-order valence-electron chi connectivity index (χ1n) is 6.01. The van der Waals surface area contributed by atoms with Crippen molar-refractivity contribution < 1.29 is 26.3 Å². The first-order chi connectivity index (χ1) is 9.57. The van der Waals surface area contributed by atoms with Gasteiger partial charge in [-0.2, -0.15) is 26.3 Å². The fourth-order valence-corrected chi connectivity index (χ4v) is 2.33. The highest BCUT2D eigenvalue weighted by atomic mass is 35.5. The summed E-state index contributed by atoms with van der Waals surface area (Å²) in [7, 11) is 0. The van der Waals surface area contributed by atoms with E-state index in [1.165, 1.54) is 4.90 Å². The lowest BCUT2D eigenvalue weighted by Crippen LogP contribution is -2.39. The summed E-state index contributed by atoms with van der Waals surface area (Å²) < 4.78 is 75.5. The number of hydrogen-bond donors (Lipinski definition) is 0. The van der Waals surface area contributed by atoms with Crippen molar-refractivity contribution >= 4 is 17.4 Å². The molecule has 0 aliphatic carbocycles. The quantitative estimate of drug-likeness (QED) is 0.576. The fraction of sp³-hybridized carbons (Fsp3) is 0.636. The van der Waals surface area contributed by atoms with E-state index in [2.05, 4.69) is 9.97 Å². The number of piperidine rings is 1. The van der Waals surface area contributed by atoms with Crippen molar-refractivity contribution in [2.24, 2.45) is 5.92 Å². The number of halogens is 7. The second-order valence-electron chi connectivity index (χ2n) is 4.68. The predicted octanol–water partition coefficient (Wildman–Crippen LogP) is 3.93. The Balaban J connectivity index is 2.16. The molecule has 0 bridgehead atoms. The molecule has 0 aromatic carbocycles. The van der Waals surface area contributed by atoms with Crippen molar-refractivity contribution in [3.05, 3.63) is 17.0 Å². The lowest BCUT2D eigenvalue weighted by Gasteiger charge is -2.33. The molecule has 21 heavy (non-hydrogen) atoms. The Morgan fingerprint density at radius 1 is 1.05 bits per heavy atom. The third-order valence-electron chi connectivity index (χ3n) is 3.26. The van der Waals surface area contributed by atoms with Gasteiger partial charge in [0.25, 0.3) is 0 Å². The number of alkyl halides is 6. The Bertz CT molecular complexity index is 508. The average molecular weight is 334 g/mol. The highest BCUT2D eigenvalue weighted by Crippen LogP contribution is 2.36. The molecule has 0 unspecified atom stereocenters. The van der Waals surface area contributed by atoms with E-state index in [0.717, 1.165) is 0 Å². The molecule has 1 aromatic rings. The van der Waals surface area contributed by atoms with Crippen LogP contribution in [0.2, 0.25) is 5.28 Å². The molecule has 3 nitrogen and oxygen atoms in total. The van der Waals surface area contributed by atoms with Gasteiger partial charge in [-0.1, -0.05) is 0 Å². The summed E-state index contributed by atoms with van der Waals surface area (Å²) in [5.41, 5.74) is -1.21. The van der Waals surface area contributed by atoms with Gasteiger partial charge in [-0.15, -0.1) is 0 Å². The van der Waals surface area contributed by atoms with Crippen LogP contribution < -0.4 is 4.90 Å². The number of nitrogens with zero attached hydrogens (tertiary/aromatic N) is 3. The molecule has 1 aliphatic rings. The standard InChI is InChI=1S/C11H10ClF6N3/c12-9-19-7(11(16,17)18)5-8(20-9)21-3-1-6(2-4-21)10(13,14)15/h5-6H,1-4H2. The van der Waals surface area contributed by atoms with Crippen LogP contribution in [0.5, 0.6) is 0 Å². The van der Waals surface area contributed by atoms with Crippen molar-refractivity contribution in [1.29, 1.82) is 0 Å². The molecule has 0 atom stereocenters. The first-order valence-corrected chi connectivity index (χ1v) is 6.38. The molecule has 0 saturated carbocycles. The van der Waals surface area contributed by atoms with Crippen LogP contribution in [-0.4, -0.2) is 29.2 Å². The van der Waals surface area contributed by atoms with E-state index < -0.39 is 29.2 Å². The zero-order chi connectivity index (χ0) is 15.8. The highest BCUT2D eigenvalue weighted by Gasteiger charge is 2.41. The maximum absolute atomic E-state index is 12.6. The van der Waals surface area contributed by atoms with Crippen LogP contribution in [0, 0.1) is 5.92 Å². The number of anilines is 1. The molecule has 1 saturated heterocycles. The lowest BCUT2D eigenvalue weighted by molar-refractivity contribution is -0.179. The van der Waals surface area contributed by atoms with Gasteiger partial charge in [0.2, 0.25) is 5.28 Å². The summed E-state index contributed by atoms with van der Waals surface area (Å²) in [4.78, 5) is 8.09. The molecular formula is C11H10ClF6N3. The minimum absolute atomic E-state index is 0.0329. The van der Waals surface area contributed by atoms with Gasteiger partial charge in [-0.3, -0.25) is 0 Å². The monoisotopic (exact) mass is 333 g/mol. The van der Waals surface area contributed by atoms with Crippen LogP contribution >= 0.6 is 11.6 Å². The van der Waals surface area contributed by atoms with E-state index >= 15 is 0 Å². The van der Waals surface area contributed by atoms with Crippen LogP contribution in [0.4, 0.5) is 32.2 Å². The van der Waals surface area contributed by atoms with E-state index in [0.29, 0.717) is 6.07 Å². The fourth-order valence-electron chi connectivity index (χ4n) is 2.15. The van der Waals surface area contributed by atoms with E-state index in [9.17, 15) is 26.3 Å². The molecular weight excluding hydrogens is 324 g/mol. The number of hydrogen-bond acceptors (Lipinski definition) is 3. The molecule has 2 heterocycles. The van der Waals surface area contributed by atoms with Gasteiger partial charge >= 0.3 is 12.4 Å². The summed E-state index contributed by atoms with van der Waals surface area (Å²) in [6.45, 7) is -0.0658. The zero-order valence-corrected chi connectivity index (χ0v) is 11.2. The van der Waals surface area contributed by atoms with Gasteiger partial charge in [-0.05, 0) is 24.4 Å². The normalized spacial score (nSPS) is 18.1. The molecule has 1 aliphatic heterocycles. The second kappa shape index (κ2) is 5.51. The SMILES string of the molecule is FC(F)(F)c1cc(N2CCC(C(F)(F)F)CC2)nc(Cl)n1. The lowest BCUT2D eigenvalue weighted by atomic mass is 9.96. The van der Waals surface area contributed by atoms with Crippen LogP contribution in [0.25, 0.3) is 0 Å². The van der Waals surface area contributed by atoms with E-state index in [1.54, 1.807) is 0 Å². The minimum Gasteiger partial charge on any atom is -0.356 e. The molecule has 10 heteroatoms. The van der Waals surface area contributed by atoms with Crippen molar-refractivity contribution in [2.45, 2.75) is 25.2 Å². The highest BCUT2D eigenvalue weighted by molar-refractivity contribution is 6.28. The van der Waals surface area contributed by atoms with Crippen molar-refractivity contribution in [3.63, 3.8) is 0 Å². The first kappa shape index (κ1) is 16.1. The Morgan fingerprint density at radius 2 is 1.62 bits per heavy atom. The summed E-state index contributed by atoms with van der Waals surface area (Å²) >= 11 is 5.45.